The van der Waals surface area contributed by atoms with E-state index in [0.29, 0.717) is 10.0 Å². The molecule has 4 aromatic rings. The standard InChI is InChI=1S/C20H12BrCl2NO2/c1-10-2-7-16(25-10)20-24-15-6-4-12(22)9-14(15)18(23)19(24)13-5-3-11(21)8-17(13)26-20/h2-9,20H,1H3. The molecule has 0 amide bonds. The number of benzene rings is 2. The lowest BCUT2D eigenvalue weighted by atomic mass is 10.1. The molecule has 3 heterocycles. The van der Waals surface area contributed by atoms with E-state index >= 15 is 0 Å². The first kappa shape index (κ1) is 16.3. The second kappa shape index (κ2) is 5.81. The van der Waals surface area contributed by atoms with Crippen molar-refractivity contribution in [3.63, 3.8) is 0 Å². The summed E-state index contributed by atoms with van der Waals surface area (Å²) in [6.45, 7) is 1.91. The van der Waals surface area contributed by atoms with Crippen LogP contribution in [-0.4, -0.2) is 4.57 Å². The van der Waals surface area contributed by atoms with Gasteiger partial charge < -0.3 is 9.15 Å². The third-order valence-electron chi connectivity index (χ3n) is 4.58. The minimum Gasteiger partial charge on any atom is -0.462 e. The largest absolute Gasteiger partial charge is 0.462 e. The maximum Gasteiger partial charge on any atom is 0.235 e. The van der Waals surface area contributed by atoms with Crippen LogP contribution in [0.4, 0.5) is 0 Å². The fourth-order valence-corrected chi connectivity index (χ4v) is 4.33. The highest BCUT2D eigenvalue weighted by Gasteiger charge is 2.33. The first-order valence-electron chi connectivity index (χ1n) is 8.05. The SMILES string of the molecule is Cc1ccc(C2Oc3cc(Br)ccc3-c3c(Cl)c4cc(Cl)ccc4n32)o1. The molecule has 26 heavy (non-hydrogen) atoms. The monoisotopic (exact) mass is 447 g/mol. The fraction of sp³-hybridized carbons (Fsp3) is 0.100. The van der Waals surface area contributed by atoms with Gasteiger partial charge in [-0.05, 0) is 55.5 Å². The number of furan rings is 1. The predicted molar refractivity (Wildman–Crippen MR) is 107 cm³/mol. The second-order valence-corrected chi connectivity index (χ2v) is 7.98. The molecule has 0 saturated carbocycles. The average Bonchev–Trinajstić information content (AvgIpc) is 3.16. The van der Waals surface area contributed by atoms with E-state index < -0.39 is 6.23 Å². The van der Waals surface area contributed by atoms with E-state index in [9.17, 15) is 0 Å². The minimum atomic E-state index is -0.448. The van der Waals surface area contributed by atoms with Crippen molar-refractivity contribution in [2.24, 2.45) is 0 Å². The van der Waals surface area contributed by atoms with Gasteiger partial charge in [0.1, 0.15) is 11.5 Å². The molecular formula is C20H12BrCl2NO2. The second-order valence-electron chi connectivity index (χ2n) is 6.25. The Morgan fingerprint density at radius 1 is 1.04 bits per heavy atom. The van der Waals surface area contributed by atoms with Crippen molar-refractivity contribution < 1.29 is 9.15 Å². The Morgan fingerprint density at radius 3 is 2.65 bits per heavy atom. The zero-order chi connectivity index (χ0) is 18.0. The van der Waals surface area contributed by atoms with E-state index in [4.69, 9.17) is 32.4 Å². The van der Waals surface area contributed by atoms with Gasteiger partial charge in [-0.15, -0.1) is 0 Å². The van der Waals surface area contributed by atoms with Gasteiger partial charge in [0.15, 0.2) is 5.76 Å². The van der Waals surface area contributed by atoms with Crippen molar-refractivity contribution in [2.75, 3.05) is 0 Å². The number of aryl methyl sites for hydroxylation is 1. The van der Waals surface area contributed by atoms with Crippen LogP contribution in [0, 0.1) is 6.92 Å². The van der Waals surface area contributed by atoms with Crippen LogP contribution >= 0.6 is 39.1 Å². The zero-order valence-electron chi connectivity index (χ0n) is 13.6. The van der Waals surface area contributed by atoms with Crippen LogP contribution in [0.3, 0.4) is 0 Å². The maximum atomic E-state index is 6.80. The smallest absolute Gasteiger partial charge is 0.235 e. The third kappa shape index (κ3) is 2.33. The molecular weight excluding hydrogens is 437 g/mol. The van der Waals surface area contributed by atoms with E-state index in [0.717, 1.165) is 43.9 Å². The zero-order valence-corrected chi connectivity index (χ0v) is 16.7. The van der Waals surface area contributed by atoms with E-state index in [1.165, 1.54) is 0 Å². The summed E-state index contributed by atoms with van der Waals surface area (Å²) in [5, 5.41) is 2.19. The van der Waals surface area contributed by atoms with Crippen molar-refractivity contribution in [2.45, 2.75) is 13.2 Å². The summed E-state index contributed by atoms with van der Waals surface area (Å²) < 4.78 is 15.2. The number of ether oxygens (including phenoxy) is 1. The van der Waals surface area contributed by atoms with Crippen LogP contribution in [0.2, 0.25) is 10.0 Å². The van der Waals surface area contributed by atoms with Crippen molar-refractivity contribution in [1.82, 2.24) is 4.57 Å². The first-order valence-corrected chi connectivity index (χ1v) is 9.59. The molecule has 2 aromatic carbocycles. The fourth-order valence-electron chi connectivity index (χ4n) is 3.47. The van der Waals surface area contributed by atoms with Crippen LogP contribution in [0.15, 0.2) is 57.4 Å². The molecule has 0 radical (unpaired) electrons. The number of aromatic nitrogens is 1. The van der Waals surface area contributed by atoms with Crippen LogP contribution in [0.1, 0.15) is 17.7 Å². The quantitative estimate of drug-likeness (QED) is 0.307. The van der Waals surface area contributed by atoms with Crippen LogP contribution in [0.5, 0.6) is 5.75 Å². The van der Waals surface area contributed by atoms with E-state index in [1.54, 1.807) is 0 Å². The highest BCUT2D eigenvalue weighted by molar-refractivity contribution is 9.10. The molecule has 1 unspecified atom stereocenters. The number of nitrogens with zero attached hydrogens (tertiary/aromatic N) is 1. The molecule has 1 aliphatic rings. The summed E-state index contributed by atoms with van der Waals surface area (Å²) in [6, 6.07) is 15.5. The van der Waals surface area contributed by atoms with Crippen molar-refractivity contribution in [3.05, 3.63) is 74.6 Å². The van der Waals surface area contributed by atoms with Crippen LogP contribution in [0.25, 0.3) is 22.2 Å². The molecule has 1 aliphatic heterocycles. The van der Waals surface area contributed by atoms with Gasteiger partial charge in [0.25, 0.3) is 0 Å². The molecule has 0 fully saturated rings. The Labute approximate surface area is 168 Å². The topological polar surface area (TPSA) is 27.3 Å². The lowest BCUT2D eigenvalue weighted by Crippen LogP contribution is -2.21. The highest BCUT2D eigenvalue weighted by atomic mass is 79.9. The Kier molecular flexibility index (Phi) is 3.64. The predicted octanol–water partition coefficient (Wildman–Crippen LogP) is 7.22. The number of hydrogen-bond acceptors (Lipinski definition) is 2. The molecule has 0 saturated heterocycles. The molecule has 0 N–H and O–H groups in total. The molecule has 130 valence electrons. The maximum absolute atomic E-state index is 6.80. The summed E-state index contributed by atoms with van der Waals surface area (Å²) in [5.74, 6) is 2.30. The van der Waals surface area contributed by atoms with Gasteiger partial charge in [-0.3, -0.25) is 4.57 Å². The third-order valence-corrected chi connectivity index (χ3v) is 5.69. The molecule has 5 rings (SSSR count). The van der Waals surface area contributed by atoms with Crippen molar-refractivity contribution in [3.8, 4) is 17.0 Å². The molecule has 2 aromatic heterocycles. The van der Waals surface area contributed by atoms with Gasteiger partial charge in [0.2, 0.25) is 6.23 Å². The Bertz CT molecular complexity index is 1180. The molecule has 0 spiro atoms. The molecule has 3 nitrogen and oxygen atoms in total. The van der Waals surface area contributed by atoms with E-state index in [2.05, 4.69) is 20.5 Å². The Balaban J connectivity index is 1.88. The lowest BCUT2D eigenvalue weighted by Gasteiger charge is -2.29. The van der Waals surface area contributed by atoms with E-state index in [1.807, 2.05) is 55.5 Å². The average molecular weight is 449 g/mol. The number of halogens is 3. The van der Waals surface area contributed by atoms with Crippen LogP contribution in [-0.2, 0) is 0 Å². The lowest BCUT2D eigenvalue weighted by molar-refractivity contribution is 0.145. The Hall–Kier alpha value is -1.88. The highest BCUT2D eigenvalue weighted by Crippen LogP contribution is 2.49. The van der Waals surface area contributed by atoms with E-state index in [-0.39, 0.29) is 0 Å². The molecule has 0 bridgehead atoms. The van der Waals surface area contributed by atoms with Crippen molar-refractivity contribution in [1.29, 1.82) is 0 Å². The number of fused-ring (bicyclic) bond motifs is 5. The Morgan fingerprint density at radius 2 is 1.88 bits per heavy atom. The summed E-state index contributed by atoms with van der Waals surface area (Å²) in [6.07, 6.45) is -0.448. The van der Waals surface area contributed by atoms with Gasteiger partial charge in [-0.2, -0.15) is 0 Å². The van der Waals surface area contributed by atoms with Gasteiger partial charge >= 0.3 is 0 Å². The van der Waals surface area contributed by atoms with Crippen molar-refractivity contribution >= 4 is 50.0 Å². The summed E-state index contributed by atoms with van der Waals surface area (Å²) >= 11 is 16.5. The first-order chi connectivity index (χ1) is 12.5. The summed E-state index contributed by atoms with van der Waals surface area (Å²) in [5.41, 5.74) is 2.78. The minimum absolute atomic E-state index is 0.448. The van der Waals surface area contributed by atoms with Gasteiger partial charge in [-0.1, -0.05) is 39.1 Å². The van der Waals surface area contributed by atoms with Gasteiger partial charge in [-0.25, -0.2) is 0 Å². The number of rotatable bonds is 1. The number of hydrogen-bond donors (Lipinski definition) is 0. The molecule has 0 aliphatic carbocycles. The van der Waals surface area contributed by atoms with Crippen LogP contribution < -0.4 is 4.74 Å². The van der Waals surface area contributed by atoms with Gasteiger partial charge in [0, 0.05) is 20.4 Å². The summed E-state index contributed by atoms with van der Waals surface area (Å²) in [4.78, 5) is 0. The normalized spacial score (nSPS) is 15.6. The molecule has 6 heteroatoms. The van der Waals surface area contributed by atoms with Gasteiger partial charge in [0.05, 0.1) is 16.2 Å². The summed E-state index contributed by atoms with van der Waals surface area (Å²) in [7, 11) is 0. The molecule has 1 atom stereocenters.